The third kappa shape index (κ3) is 3.15. The van der Waals surface area contributed by atoms with E-state index in [1.165, 1.54) is 31.4 Å². The number of likely N-dealkylation sites (N-methyl/N-ethyl adjacent to an activating group) is 1. The fourth-order valence-electron chi connectivity index (χ4n) is 3.52. The molecule has 0 radical (unpaired) electrons. The molecule has 1 heterocycles. The highest BCUT2D eigenvalue weighted by Crippen LogP contribution is 2.29. The molecule has 1 aromatic carbocycles. The largest absolute Gasteiger partial charge is 0.497 e. The van der Waals surface area contributed by atoms with Crippen LogP contribution in [0, 0.1) is 0 Å². The summed E-state index contributed by atoms with van der Waals surface area (Å²) in [6, 6.07) is 10.1. The van der Waals surface area contributed by atoms with Gasteiger partial charge in [0.1, 0.15) is 5.75 Å². The Morgan fingerprint density at radius 1 is 1.35 bits per heavy atom. The van der Waals surface area contributed by atoms with Crippen molar-refractivity contribution in [2.24, 2.45) is 0 Å². The monoisotopic (exact) mass is 276 g/mol. The van der Waals surface area contributed by atoms with E-state index in [1.807, 2.05) is 12.1 Å². The molecule has 1 aliphatic rings. The Balaban J connectivity index is 2.13. The molecule has 0 spiro atoms. The van der Waals surface area contributed by atoms with Crippen molar-refractivity contribution in [1.82, 2.24) is 10.2 Å². The molecule has 0 bridgehead atoms. The number of hydrogen-bond acceptors (Lipinski definition) is 3. The van der Waals surface area contributed by atoms with Crippen molar-refractivity contribution in [3.05, 3.63) is 29.8 Å². The Bertz CT molecular complexity index is 404. The van der Waals surface area contributed by atoms with Gasteiger partial charge in [-0.25, -0.2) is 0 Å². The minimum Gasteiger partial charge on any atom is -0.497 e. The van der Waals surface area contributed by atoms with E-state index in [-0.39, 0.29) is 0 Å². The molecule has 3 unspecified atom stereocenters. The van der Waals surface area contributed by atoms with Gasteiger partial charge in [0, 0.05) is 18.1 Å². The average Bonchev–Trinajstić information content (AvgIpc) is 2.97. The SMILES string of the molecule is CCC1CCCN1C(C)C(NC)c1ccc(OC)cc1. The number of benzene rings is 1. The lowest BCUT2D eigenvalue weighted by Crippen LogP contribution is -2.44. The minimum absolute atomic E-state index is 0.369. The van der Waals surface area contributed by atoms with E-state index in [4.69, 9.17) is 4.74 Å². The van der Waals surface area contributed by atoms with E-state index in [0.29, 0.717) is 12.1 Å². The van der Waals surface area contributed by atoms with Gasteiger partial charge in [-0.3, -0.25) is 4.90 Å². The van der Waals surface area contributed by atoms with Gasteiger partial charge >= 0.3 is 0 Å². The van der Waals surface area contributed by atoms with Crippen molar-refractivity contribution in [2.45, 2.75) is 51.2 Å². The lowest BCUT2D eigenvalue weighted by atomic mass is 9.98. The molecular weight excluding hydrogens is 248 g/mol. The third-order valence-corrected chi connectivity index (χ3v) is 4.69. The fraction of sp³-hybridized carbons (Fsp3) is 0.647. The van der Waals surface area contributed by atoms with Gasteiger partial charge in [-0.15, -0.1) is 0 Å². The third-order valence-electron chi connectivity index (χ3n) is 4.69. The van der Waals surface area contributed by atoms with Crippen LogP contribution in [0.3, 0.4) is 0 Å². The summed E-state index contributed by atoms with van der Waals surface area (Å²) < 4.78 is 5.25. The van der Waals surface area contributed by atoms with Crippen LogP contribution in [-0.4, -0.2) is 37.7 Å². The van der Waals surface area contributed by atoms with Crippen LogP contribution in [-0.2, 0) is 0 Å². The summed E-state index contributed by atoms with van der Waals surface area (Å²) in [6.45, 7) is 5.88. The summed E-state index contributed by atoms with van der Waals surface area (Å²) in [4.78, 5) is 2.67. The Labute approximate surface area is 123 Å². The first-order valence-corrected chi connectivity index (χ1v) is 7.78. The van der Waals surface area contributed by atoms with Gasteiger partial charge in [0.05, 0.1) is 7.11 Å². The molecule has 1 saturated heterocycles. The average molecular weight is 276 g/mol. The number of nitrogens with zero attached hydrogens (tertiary/aromatic N) is 1. The zero-order valence-electron chi connectivity index (χ0n) is 13.2. The van der Waals surface area contributed by atoms with Crippen molar-refractivity contribution in [3.8, 4) is 5.75 Å². The first kappa shape index (κ1) is 15.3. The lowest BCUT2D eigenvalue weighted by Gasteiger charge is -2.36. The standard InChI is InChI=1S/C17H28N2O/c1-5-15-7-6-12-19(15)13(2)17(18-3)14-8-10-16(20-4)11-9-14/h8-11,13,15,17-18H,5-7,12H2,1-4H3. The molecule has 0 saturated carbocycles. The van der Waals surface area contributed by atoms with Gasteiger partial charge in [0.25, 0.3) is 0 Å². The molecule has 3 heteroatoms. The van der Waals surface area contributed by atoms with Gasteiger partial charge in [0.2, 0.25) is 0 Å². The molecule has 2 rings (SSSR count). The van der Waals surface area contributed by atoms with Crippen LogP contribution >= 0.6 is 0 Å². The van der Waals surface area contributed by atoms with E-state index >= 15 is 0 Å². The van der Waals surface area contributed by atoms with E-state index in [2.05, 4.69) is 43.2 Å². The Morgan fingerprint density at radius 3 is 2.60 bits per heavy atom. The summed E-state index contributed by atoms with van der Waals surface area (Å²) >= 11 is 0. The van der Waals surface area contributed by atoms with Crippen LogP contribution in [0.2, 0.25) is 0 Å². The van der Waals surface area contributed by atoms with Crippen molar-refractivity contribution in [1.29, 1.82) is 0 Å². The van der Waals surface area contributed by atoms with Crippen LogP contribution in [0.1, 0.15) is 44.7 Å². The fourth-order valence-corrected chi connectivity index (χ4v) is 3.52. The quantitative estimate of drug-likeness (QED) is 0.863. The van der Waals surface area contributed by atoms with Gasteiger partial charge in [-0.05, 0) is 57.5 Å². The molecule has 112 valence electrons. The Kier molecular flexibility index (Phi) is 5.44. The number of hydrogen-bond donors (Lipinski definition) is 1. The normalized spacial score (nSPS) is 22.7. The number of ether oxygens (including phenoxy) is 1. The molecular formula is C17H28N2O. The molecule has 0 amide bonds. The van der Waals surface area contributed by atoms with Crippen molar-refractivity contribution < 1.29 is 4.74 Å². The molecule has 0 aliphatic carbocycles. The summed E-state index contributed by atoms with van der Waals surface area (Å²) in [5.41, 5.74) is 1.34. The summed E-state index contributed by atoms with van der Waals surface area (Å²) in [5, 5.41) is 3.49. The predicted octanol–water partition coefficient (Wildman–Crippen LogP) is 3.22. The molecule has 20 heavy (non-hydrogen) atoms. The highest BCUT2D eigenvalue weighted by atomic mass is 16.5. The van der Waals surface area contributed by atoms with Crippen LogP contribution in [0.4, 0.5) is 0 Å². The van der Waals surface area contributed by atoms with E-state index in [0.717, 1.165) is 11.8 Å². The molecule has 1 fully saturated rings. The molecule has 1 N–H and O–H groups in total. The number of rotatable bonds is 6. The van der Waals surface area contributed by atoms with E-state index in [1.54, 1.807) is 7.11 Å². The van der Waals surface area contributed by atoms with Gasteiger partial charge < -0.3 is 10.1 Å². The second-order valence-electron chi connectivity index (χ2n) is 5.72. The summed E-state index contributed by atoms with van der Waals surface area (Å²) in [5.74, 6) is 0.920. The van der Waals surface area contributed by atoms with Gasteiger partial charge in [-0.1, -0.05) is 19.1 Å². The lowest BCUT2D eigenvalue weighted by molar-refractivity contribution is 0.154. The molecule has 1 aromatic rings. The summed E-state index contributed by atoms with van der Waals surface area (Å²) in [7, 11) is 3.77. The highest BCUT2D eigenvalue weighted by Gasteiger charge is 2.31. The molecule has 0 aromatic heterocycles. The molecule has 3 atom stereocenters. The van der Waals surface area contributed by atoms with Crippen LogP contribution in [0.15, 0.2) is 24.3 Å². The Hall–Kier alpha value is -1.06. The van der Waals surface area contributed by atoms with Crippen LogP contribution < -0.4 is 10.1 Å². The maximum absolute atomic E-state index is 5.25. The molecule has 1 aliphatic heterocycles. The number of nitrogens with one attached hydrogen (secondary N) is 1. The highest BCUT2D eigenvalue weighted by molar-refractivity contribution is 5.30. The van der Waals surface area contributed by atoms with Gasteiger partial charge in [-0.2, -0.15) is 0 Å². The van der Waals surface area contributed by atoms with E-state index < -0.39 is 0 Å². The van der Waals surface area contributed by atoms with Crippen LogP contribution in [0.5, 0.6) is 5.75 Å². The predicted molar refractivity (Wildman–Crippen MR) is 84.3 cm³/mol. The van der Waals surface area contributed by atoms with Crippen molar-refractivity contribution >= 4 is 0 Å². The topological polar surface area (TPSA) is 24.5 Å². The smallest absolute Gasteiger partial charge is 0.118 e. The zero-order valence-corrected chi connectivity index (χ0v) is 13.2. The zero-order chi connectivity index (χ0) is 14.5. The maximum Gasteiger partial charge on any atom is 0.118 e. The first-order chi connectivity index (χ1) is 9.71. The first-order valence-electron chi connectivity index (χ1n) is 7.78. The maximum atomic E-state index is 5.25. The Morgan fingerprint density at radius 2 is 2.05 bits per heavy atom. The van der Waals surface area contributed by atoms with Crippen molar-refractivity contribution in [2.75, 3.05) is 20.7 Å². The second kappa shape index (κ2) is 7.09. The second-order valence-corrected chi connectivity index (χ2v) is 5.72. The number of methoxy groups -OCH3 is 1. The van der Waals surface area contributed by atoms with Crippen LogP contribution in [0.25, 0.3) is 0 Å². The van der Waals surface area contributed by atoms with Gasteiger partial charge in [0.15, 0.2) is 0 Å². The summed E-state index contributed by atoms with van der Waals surface area (Å²) in [6.07, 6.45) is 3.94. The molecule has 3 nitrogen and oxygen atoms in total. The van der Waals surface area contributed by atoms with Crippen molar-refractivity contribution in [3.63, 3.8) is 0 Å². The number of likely N-dealkylation sites (tertiary alicyclic amines) is 1. The van der Waals surface area contributed by atoms with E-state index in [9.17, 15) is 0 Å². The minimum atomic E-state index is 0.369.